The summed E-state index contributed by atoms with van der Waals surface area (Å²) in [5.41, 5.74) is 15.7. The highest BCUT2D eigenvalue weighted by atomic mass is 32.2. The minimum atomic E-state index is -0.543. The summed E-state index contributed by atoms with van der Waals surface area (Å²) in [6.07, 6.45) is 0. The molecule has 4 heteroatoms. The highest BCUT2D eigenvalue weighted by Gasteiger charge is 2.50. The van der Waals surface area contributed by atoms with Crippen LogP contribution in [0.3, 0.4) is 0 Å². The zero-order valence-corrected chi connectivity index (χ0v) is 34.8. The molecule has 0 fully saturated rings. The molecule has 15 rings (SSSR count). The Balaban J connectivity index is 1.03. The van der Waals surface area contributed by atoms with Crippen LogP contribution in [0.4, 0.5) is 0 Å². The lowest BCUT2D eigenvalue weighted by atomic mass is 9.62. The summed E-state index contributed by atoms with van der Waals surface area (Å²) in [6, 6.07) is 79.5. The van der Waals surface area contributed by atoms with Crippen LogP contribution in [0.2, 0.25) is 0 Å². The predicted octanol–water partition coefficient (Wildman–Crippen LogP) is 15.3. The van der Waals surface area contributed by atoms with Crippen LogP contribution in [0, 0.1) is 0 Å². The van der Waals surface area contributed by atoms with Crippen LogP contribution in [-0.2, 0) is 5.41 Å². The molecule has 0 aliphatic carbocycles. The number of aromatic nitrogens is 3. The standard InChI is InChI=1S/C59H35N3S/c1-2-15-37-34-38(29-28-36(37)14-1)60-49-23-8-4-17-41(49)44-35-39(30-32-52(44)60)61-51-25-10-5-18-43(51)56-54(61)33-31-48-58(56)63-55-27-12-7-21-46(55)59(48)45-20-6-11-26-53(45)62-50-24-9-3-16-40(50)42-19-13-22-47(59)57(42)62/h1-35H. The molecule has 1 atom stereocenters. The van der Waals surface area contributed by atoms with Gasteiger partial charge in [0.15, 0.2) is 0 Å². The lowest BCUT2D eigenvalue weighted by Crippen LogP contribution is -2.37. The Morgan fingerprint density at radius 3 is 1.76 bits per heavy atom. The van der Waals surface area contributed by atoms with Gasteiger partial charge in [0, 0.05) is 53.5 Å². The van der Waals surface area contributed by atoms with E-state index in [9.17, 15) is 0 Å². The average molecular weight is 818 g/mol. The molecule has 0 bridgehead atoms. The van der Waals surface area contributed by atoms with E-state index in [1.54, 1.807) is 0 Å². The largest absolute Gasteiger partial charge is 0.309 e. The Morgan fingerprint density at radius 1 is 0.333 bits per heavy atom. The van der Waals surface area contributed by atoms with Crippen LogP contribution in [0.5, 0.6) is 0 Å². The van der Waals surface area contributed by atoms with E-state index >= 15 is 0 Å². The summed E-state index contributed by atoms with van der Waals surface area (Å²) in [5, 5.41) is 10.1. The summed E-state index contributed by atoms with van der Waals surface area (Å²) in [5.74, 6) is 0. The molecule has 0 saturated heterocycles. The minimum absolute atomic E-state index is 0.543. The van der Waals surface area contributed by atoms with Crippen LogP contribution in [-0.4, -0.2) is 13.7 Å². The maximum Gasteiger partial charge on any atom is 0.0764 e. The van der Waals surface area contributed by atoms with Gasteiger partial charge in [0.05, 0.1) is 44.2 Å². The SMILES string of the molecule is c1ccc2c(c1)Sc1c(ccc3c1c1ccccc1n3-c1ccc3c(c1)c1ccccc1n3-c1ccc3ccccc3c1)C21c2ccccc2-n2c3ccccc3c3cccc1c32. The van der Waals surface area contributed by atoms with Gasteiger partial charge in [-0.1, -0.05) is 157 Å². The summed E-state index contributed by atoms with van der Waals surface area (Å²) in [6.45, 7) is 0. The molecule has 0 amide bonds. The maximum absolute atomic E-state index is 2.53. The summed E-state index contributed by atoms with van der Waals surface area (Å²) >= 11 is 1.94. The summed E-state index contributed by atoms with van der Waals surface area (Å²) in [4.78, 5) is 2.63. The van der Waals surface area contributed by atoms with Crippen molar-refractivity contribution in [3.63, 3.8) is 0 Å². The monoisotopic (exact) mass is 817 g/mol. The number of fused-ring (bicyclic) bond motifs is 19. The van der Waals surface area contributed by atoms with E-state index in [1.807, 2.05) is 11.8 Å². The fourth-order valence-electron chi connectivity index (χ4n) is 11.8. The number of nitrogens with zero attached hydrogens (tertiary/aromatic N) is 3. The van der Waals surface area contributed by atoms with Gasteiger partial charge < -0.3 is 13.7 Å². The van der Waals surface area contributed by atoms with E-state index in [0.29, 0.717) is 0 Å². The van der Waals surface area contributed by atoms with E-state index in [-0.39, 0.29) is 0 Å². The Kier molecular flexibility index (Phi) is 6.55. The van der Waals surface area contributed by atoms with Gasteiger partial charge in [0.25, 0.3) is 0 Å². The number of rotatable bonds is 2. The van der Waals surface area contributed by atoms with E-state index in [0.717, 1.165) is 5.69 Å². The molecule has 0 radical (unpaired) electrons. The van der Waals surface area contributed by atoms with Gasteiger partial charge in [0.2, 0.25) is 0 Å². The first-order chi connectivity index (χ1) is 31.3. The minimum Gasteiger partial charge on any atom is -0.309 e. The van der Waals surface area contributed by atoms with Crippen LogP contribution >= 0.6 is 11.8 Å². The molecule has 1 spiro atoms. The van der Waals surface area contributed by atoms with Crippen molar-refractivity contribution in [2.75, 3.05) is 0 Å². The van der Waals surface area contributed by atoms with E-state index in [1.165, 1.54) is 120 Å². The molecule has 2 aliphatic heterocycles. The van der Waals surface area contributed by atoms with E-state index < -0.39 is 5.41 Å². The lowest BCUT2D eigenvalue weighted by Gasteiger charge is -2.45. The van der Waals surface area contributed by atoms with E-state index in [2.05, 4.69) is 226 Å². The average Bonchev–Trinajstić information content (AvgIpc) is 3.99. The topological polar surface area (TPSA) is 14.8 Å². The molecule has 13 aromatic rings. The molecule has 3 aromatic heterocycles. The van der Waals surface area contributed by atoms with Crippen molar-refractivity contribution in [3.8, 4) is 17.1 Å². The predicted molar refractivity (Wildman–Crippen MR) is 263 cm³/mol. The van der Waals surface area contributed by atoms with Crippen molar-refractivity contribution in [2.45, 2.75) is 15.2 Å². The van der Waals surface area contributed by atoms with Crippen LogP contribution in [0.15, 0.2) is 222 Å². The van der Waals surface area contributed by atoms with Gasteiger partial charge in [0.1, 0.15) is 0 Å². The summed E-state index contributed by atoms with van der Waals surface area (Å²) in [7, 11) is 0. The van der Waals surface area contributed by atoms with Crippen molar-refractivity contribution >= 4 is 88.0 Å². The second kappa shape index (κ2) is 12.2. The summed E-state index contributed by atoms with van der Waals surface area (Å²) < 4.78 is 7.47. The Hall–Kier alpha value is -7.79. The number of hydrogen-bond donors (Lipinski definition) is 0. The number of hydrogen-bond acceptors (Lipinski definition) is 1. The lowest BCUT2D eigenvalue weighted by molar-refractivity contribution is 0.692. The van der Waals surface area contributed by atoms with Crippen LogP contribution in [0.1, 0.15) is 22.3 Å². The second-order valence-electron chi connectivity index (χ2n) is 17.2. The van der Waals surface area contributed by atoms with Crippen molar-refractivity contribution < 1.29 is 0 Å². The van der Waals surface area contributed by atoms with Gasteiger partial charge >= 0.3 is 0 Å². The molecule has 0 N–H and O–H groups in total. The third kappa shape index (κ3) is 4.22. The molecular formula is C59H35N3S. The molecule has 63 heavy (non-hydrogen) atoms. The highest BCUT2D eigenvalue weighted by Crippen LogP contribution is 2.62. The fraction of sp³-hybridized carbons (Fsp3) is 0.0169. The highest BCUT2D eigenvalue weighted by molar-refractivity contribution is 7.99. The maximum atomic E-state index is 2.53. The van der Waals surface area contributed by atoms with Crippen molar-refractivity contribution in [1.82, 2.24) is 13.7 Å². The van der Waals surface area contributed by atoms with E-state index in [4.69, 9.17) is 0 Å². The number of para-hydroxylation sites is 5. The molecule has 3 nitrogen and oxygen atoms in total. The normalized spacial score (nSPS) is 15.3. The van der Waals surface area contributed by atoms with Crippen molar-refractivity contribution in [2.24, 2.45) is 0 Å². The van der Waals surface area contributed by atoms with Gasteiger partial charge in [-0.15, -0.1) is 0 Å². The first-order valence-corrected chi connectivity index (χ1v) is 22.6. The molecule has 0 saturated carbocycles. The van der Waals surface area contributed by atoms with Crippen LogP contribution in [0.25, 0.3) is 93.3 Å². The molecule has 2 aliphatic rings. The third-order valence-electron chi connectivity index (χ3n) is 14.3. The molecule has 292 valence electrons. The van der Waals surface area contributed by atoms with Crippen molar-refractivity contribution in [3.05, 3.63) is 235 Å². The first-order valence-electron chi connectivity index (χ1n) is 21.8. The third-order valence-corrected chi connectivity index (χ3v) is 15.5. The Labute approximate surface area is 366 Å². The van der Waals surface area contributed by atoms with Crippen molar-refractivity contribution in [1.29, 1.82) is 0 Å². The second-order valence-corrected chi connectivity index (χ2v) is 18.2. The molecule has 10 aromatic carbocycles. The number of benzene rings is 10. The molecular weight excluding hydrogens is 783 g/mol. The van der Waals surface area contributed by atoms with Gasteiger partial charge in [-0.05, 0) is 99.8 Å². The van der Waals surface area contributed by atoms with Gasteiger partial charge in [-0.2, -0.15) is 0 Å². The Morgan fingerprint density at radius 2 is 0.905 bits per heavy atom. The fourth-order valence-corrected chi connectivity index (χ4v) is 13.2. The zero-order valence-electron chi connectivity index (χ0n) is 34.0. The smallest absolute Gasteiger partial charge is 0.0764 e. The van der Waals surface area contributed by atoms with Crippen LogP contribution < -0.4 is 0 Å². The molecule has 1 unspecified atom stereocenters. The van der Waals surface area contributed by atoms with Gasteiger partial charge in [-0.25, -0.2) is 0 Å². The van der Waals surface area contributed by atoms with Gasteiger partial charge in [-0.3, -0.25) is 0 Å². The zero-order chi connectivity index (χ0) is 41.0. The Bertz CT molecular complexity index is 4140. The quantitative estimate of drug-likeness (QED) is 0.170. The first kappa shape index (κ1) is 33.9. The molecule has 5 heterocycles.